The van der Waals surface area contributed by atoms with Crippen molar-refractivity contribution in [2.45, 2.75) is 13.5 Å². The molecule has 3 aromatic rings. The summed E-state index contributed by atoms with van der Waals surface area (Å²) in [5, 5.41) is 9.06. The highest BCUT2D eigenvalue weighted by Crippen LogP contribution is 2.27. The number of H-pyrrole nitrogens is 1. The van der Waals surface area contributed by atoms with Gasteiger partial charge in [-0.25, -0.2) is 0 Å². The Morgan fingerprint density at radius 3 is 2.81 bits per heavy atom. The van der Waals surface area contributed by atoms with Crippen molar-refractivity contribution < 1.29 is 4.79 Å². The van der Waals surface area contributed by atoms with Crippen LogP contribution in [0, 0.1) is 6.92 Å². The fourth-order valence-corrected chi connectivity index (χ4v) is 3.97. The summed E-state index contributed by atoms with van der Waals surface area (Å²) in [6.07, 6.45) is 3.48. The third-order valence-electron chi connectivity index (χ3n) is 4.79. The number of hydrogen-bond acceptors (Lipinski definition) is 5. The number of hydrogen-bond donors (Lipinski definition) is 1. The number of thiophene rings is 1. The molecule has 26 heavy (non-hydrogen) atoms. The molecule has 0 bridgehead atoms. The maximum absolute atomic E-state index is 12.9. The van der Waals surface area contributed by atoms with Crippen molar-refractivity contribution in [2.24, 2.45) is 0 Å². The lowest BCUT2D eigenvalue weighted by Crippen LogP contribution is -2.48. The number of rotatable bonds is 4. The number of pyridine rings is 1. The average Bonchev–Trinajstić information content (AvgIpc) is 3.35. The van der Waals surface area contributed by atoms with Crippen molar-refractivity contribution in [2.75, 3.05) is 26.2 Å². The second kappa shape index (κ2) is 7.39. The van der Waals surface area contributed by atoms with Crippen LogP contribution in [0.25, 0.3) is 10.6 Å². The number of nitrogens with zero attached hydrogens (tertiary/aromatic N) is 4. The van der Waals surface area contributed by atoms with E-state index in [2.05, 4.69) is 33.1 Å². The summed E-state index contributed by atoms with van der Waals surface area (Å²) in [5.41, 5.74) is 3.80. The Labute approximate surface area is 156 Å². The van der Waals surface area contributed by atoms with Crippen LogP contribution in [0.5, 0.6) is 0 Å². The maximum atomic E-state index is 12.9. The lowest BCUT2D eigenvalue weighted by atomic mass is 10.1. The molecule has 0 saturated carbocycles. The van der Waals surface area contributed by atoms with Gasteiger partial charge in [-0.05, 0) is 30.0 Å². The number of nitrogens with one attached hydrogen (secondary N) is 1. The molecule has 0 atom stereocenters. The smallest absolute Gasteiger partial charge is 0.257 e. The van der Waals surface area contributed by atoms with Gasteiger partial charge in [0.25, 0.3) is 5.91 Å². The molecule has 3 aromatic heterocycles. The number of aromatic nitrogens is 3. The average molecular weight is 367 g/mol. The van der Waals surface area contributed by atoms with E-state index in [-0.39, 0.29) is 5.91 Å². The normalized spacial score (nSPS) is 15.3. The second-order valence-electron chi connectivity index (χ2n) is 6.47. The van der Waals surface area contributed by atoms with Crippen LogP contribution in [0.3, 0.4) is 0 Å². The van der Waals surface area contributed by atoms with Gasteiger partial charge in [0.1, 0.15) is 0 Å². The largest absolute Gasteiger partial charge is 0.336 e. The molecule has 0 aromatic carbocycles. The van der Waals surface area contributed by atoms with E-state index in [4.69, 9.17) is 0 Å². The van der Waals surface area contributed by atoms with E-state index < -0.39 is 0 Å². The summed E-state index contributed by atoms with van der Waals surface area (Å²) in [5.74, 6) is 0.0517. The molecule has 1 N–H and O–H groups in total. The lowest BCUT2D eigenvalue weighted by Gasteiger charge is -2.34. The Balaban J connectivity index is 1.40. The molecule has 7 heteroatoms. The van der Waals surface area contributed by atoms with Crippen LogP contribution in [0.4, 0.5) is 0 Å². The van der Waals surface area contributed by atoms with Crippen molar-refractivity contribution in [1.82, 2.24) is 25.0 Å². The van der Waals surface area contributed by atoms with Gasteiger partial charge in [-0.3, -0.25) is 19.8 Å². The summed E-state index contributed by atoms with van der Waals surface area (Å²) in [7, 11) is 0. The van der Waals surface area contributed by atoms with Crippen LogP contribution in [0.1, 0.15) is 21.6 Å². The molecule has 0 aliphatic carbocycles. The second-order valence-corrected chi connectivity index (χ2v) is 7.42. The van der Waals surface area contributed by atoms with Crippen LogP contribution in [0.2, 0.25) is 0 Å². The quantitative estimate of drug-likeness (QED) is 0.770. The predicted molar refractivity (Wildman–Crippen MR) is 102 cm³/mol. The minimum absolute atomic E-state index is 0.0517. The molecule has 1 amide bonds. The van der Waals surface area contributed by atoms with Crippen molar-refractivity contribution >= 4 is 17.2 Å². The van der Waals surface area contributed by atoms with Gasteiger partial charge < -0.3 is 4.90 Å². The van der Waals surface area contributed by atoms with Gasteiger partial charge in [0.05, 0.1) is 28.0 Å². The molecule has 1 aliphatic rings. The molecule has 0 spiro atoms. The van der Waals surface area contributed by atoms with Gasteiger partial charge in [-0.15, -0.1) is 11.3 Å². The Hall–Kier alpha value is -2.51. The minimum Gasteiger partial charge on any atom is -0.336 e. The van der Waals surface area contributed by atoms with E-state index in [1.54, 1.807) is 17.5 Å². The van der Waals surface area contributed by atoms with E-state index in [0.29, 0.717) is 5.56 Å². The molecule has 0 unspecified atom stereocenters. The van der Waals surface area contributed by atoms with Crippen LogP contribution in [-0.2, 0) is 6.54 Å². The van der Waals surface area contributed by atoms with E-state index in [1.165, 1.54) is 5.56 Å². The van der Waals surface area contributed by atoms with Crippen molar-refractivity contribution in [3.63, 3.8) is 0 Å². The Kier molecular flexibility index (Phi) is 4.81. The summed E-state index contributed by atoms with van der Waals surface area (Å²) in [6.45, 7) is 6.08. The first kappa shape index (κ1) is 16.9. The van der Waals surface area contributed by atoms with Gasteiger partial charge in [0, 0.05) is 38.9 Å². The zero-order valence-electron chi connectivity index (χ0n) is 14.7. The standard InChI is InChI=1S/C19H21N5OS/c1-14-4-2-6-20-16(14)13-23-7-9-24(10-8-23)19(25)15-12-21-22-18(15)17-5-3-11-26-17/h2-6,11-12H,7-10,13H2,1H3,(H,21,22). The fraction of sp³-hybridized carbons (Fsp3) is 0.316. The van der Waals surface area contributed by atoms with Gasteiger partial charge in [-0.2, -0.15) is 5.10 Å². The summed E-state index contributed by atoms with van der Waals surface area (Å²) in [4.78, 5) is 22.7. The zero-order valence-corrected chi connectivity index (χ0v) is 15.5. The van der Waals surface area contributed by atoms with Gasteiger partial charge in [-0.1, -0.05) is 12.1 Å². The highest BCUT2D eigenvalue weighted by molar-refractivity contribution is 7.13. The summed E-state index contributed by atoms with van der Waals surface area (Å²) >= 11 is 1.60. The van der Waals surface area contributed by atoms with Crippen LogP contribution >= 0.6 is 11.3 Å². The summed E-state index contributed by atoms with van der Waals surface area (Å²) < 4.78 is 0. The third kappa shape index (κ3) is 3.40. The fourth-order valence-electron chi connectivity index (χ4n) is 3.23. The number of aromatic amines is 1. The SMILES string of the molecule is Cc1cccnc1CN1CCN(C(=O)c2cn[nH]c2-c2cccs2)CC1. The zero-order chi connectivity index (χ0) is 17.9. The molecular formula is C19H21N5OS. The number of carbonyl (C=O) groups is 1. The molecule has 1 aliphatic heterocycles. The molecule has 134 valence electrons. The first-order valence-corrected chi connectivity index (χ1v) is 9.59. The highest BCUT2D eigenvalue weighted by atomic mass is 32.1. The lowest BCUT2D eigenvalue weighted by molar-refractivity contribution is 0.0627. The highest BCUT2D eigenvalue weighted by Gasteiger charge is 2.25. The Morgan fingerprint density at radius 1 is 1.23 bits per heavy atom. The monoisotopic (exact) mass is 367 g/mol. The topological polar surface area (TPSA) is 65.1 Å². The third-order valence-corrected chi connectivity index (χ3v) is 5.68. The molecular weight excluding hydrogens is 346 g/mol. The van der Waals surface area contributed by atoms with E-state index in [1.807, 2.05) is 34.7 Å². The van der Waals surface area contributed by atoms with E-state index >= 15 is 0 Å². The van der Waals surface area contributed by atoms with Crippen molar-refractivity contribution in [3.8, 4) is 10.6 Å². The maximum Gasteiger partial charge on any atom is 0.257 e. The molecule has 6 nitrogen and oxygen atoms in total. The first-order valence-electron chi connectivity index (χ1n) is 8.72. The predicted octanol–water partition coefficient (Wildman–Crippen LogP) is 2.80. The van der Waals surface area contributed by atoms with Gasteiger partial charge in [0.15, 0.2) is 0 Å². The summed E-state index contributed by atoms with van der Waals surface area (Å²) in [6, 6.07) is 8.04. The van der Waals surface area contributed by atoms with E-state index in [9.17, 15) is 4.79 Å². The Morgan fingerprint density at radius 2 is 2.08 bits per heavy atom. The minimum atomic E-state index is 0.0517. The molecule has 1 saturated heterocycles. The molecule has 4 heterocycles. The van der Waals surface area contributed by atoms with Crippen molar-refractivity contribution in [1.29, 1.82) is 0 Å². The molecule has 1 fully saturated rings. The van der Waals surface area contributed by atoms with Crippen LogP contribution in [0.15, 0.2) is 42.0 Å². The molecule has 0 radical (unpaired) electrons. The number of carbonyl (C=O) groups excluding carboxylic acids is 1. The van der Waals surface area contributed by atoms with Crippen LogP contribution in [-0.4, -0.2) is 57.1 Å². The van der Waals surface area contributed by atoms with Gasteiger partial charge in [0.2, 0.25) is 0 Å². The van der Waals surface area contributed by atoms with Crippen molar-refractivity contribution in [3.05, 3.63) is 58.9 Å². The Bertz CT molecular complexity index is 881. The van der Waals surface area contributed by atoms with Crippen LogP contribution < -0.4 is 0 Å². The number of piperazine rings is 1. The number of amides is 1. The number of aryl methyl sites for hydroxylation is 1. The first-order chi connectivity index (χ1) is 12.7. The van der Waals surface area contributed by atoms with E-state index in [0.717, 1.165) is 49.0 Å². The van der Waals surface area contributed by atoms with Gasteiger partial charge >= 0.3 is 0 Å². The molecule has 4 rings (SSSR count).